The molecule has 0 radical (unpaired) electrons. The molecule has 80 valence electrons. The number of alkyl halides is 1. The van der Waals surface area contributed by atoms with Crippen molar-refractivity contribution in [1.29, 1.82) is 0 Å². The number of aliphatic imine (C=N–C) groups is 1. The first-order valence-corrected chi connectivity index (χ1v) is 5.38. The van der Waals surface area contributed by atoms with Crippen LogP contribution >= 0.6 is 0 Å². The molecule has 4 heteroatoms. The van der Waals surface area contributed by atoms with Gasteiger partial charge in [-0.05, 0) is 6.42 Å². The van der Waals surface area contributed by atoms with Crippen LogP contribution in [0, 0.1) is 11.8 Å². The van der Waals surface area contributed by atoms with Crippen LogP contribution in [0.4, 0.5) is 4.39 Å². The standard InChI is InChI=1S/C11H13FN2O/c12-8-3-1-2-7-9-6-13-4-5-14(9)11(15)10(7)8/h1-2,4,7-10H,3,5-6H2. The van der Waals surface area contributed by atoms with Crippen LogP contribution in [0.25, 0.3) is 0 Å². The van der Waals surface area contributed by atoms with Crippen LogP contribution < -0.4 is 0 Å². The smallest absolute Gasteiger partial charge is 0.229 e. The molecule has 0 aromatic carbocycles. The molecule has 3 nitrogen and oxygen atoms in total. The fraction of sp³-hybridized carbons (Fsp3) is 0.636. The summed E-state index contributed by atoms with van der Waals surface area (Å²) >= 11 is 0. The minimum absolute atomic E-state index is 0.0204. The maximum absolute atomic E-state index is 13.7. The van der Waals surface area contributed by atoms with E-state index in [1.165, 1.54) is 0 Å². The average molecular weight is 208 g/mol. The quantitative estimate of drug-likeness (QED) is 0.542. The second-order valence-corrected chi connectivity index (χ2v) is 4.39. The number of hydrogen-bond donors (Lipinski definition) is 0. The number of amides is 1. The van der Waals surface area contributed by atoms with E-state index < -0.39 is 12.1 Å². The van der Waals surface area contributed by atoms with Gasteiger partial charge in [0.25, 0.3) is 0 Å². The summed E-state index contributed by atoms with van der Waals surface area (Å²) in [5.74, 6) is -0.423. The fourth-order valence-electron chi connectivity index (χ4n) is 2.90. The first-order valence-electron chi connectivity index (χ1n) is 5.38. The third kappa shape index (κ3) is 1.17. The van der Waals surface area contributed by atoms with Crippen molar-refractivity contribution in [3.63, 3.8) is 0 Å². The topological polar surface area (TPSA) is 32.7 Å². The highest BCUT2D eigenvalue weighted by atomic mass is 19.1. The number of halogens is 1. The van der Waals surface area contributed by atoms with Gasteiger partial charge in [0.1, 0.15) is 6.17 Å². The Kier molecular flexibility index (Phi) is 1.90. The zero-order valence-electron chi connectivity index (χ0n) is 8.34. The molecule has 0 aromatic heterocycles. The van der Waals surface area contributed by atoms with E-state index in [9.17, 15) is 9.18 Å². The molecule has 2 aliphatic heterocycles. The van der Waals surface area contributed by atoms with Gasteiger partial charge < -0.3 is 4.90 Å². The van der Waals surface area contributed by atoms with Gasteiger partial charge in [-0.3, -0.25) is 9.79 Å². The summed E-state index contributed by atoms with van der Waals surface area (Å²) in [6.45, 7) is 1.18. The Morgan fingerprint density at radius 3 is 3.27 bits per heavy atom. The Hall–Kier alpha value is -1.19. The van der Waals surface area contributed by atoms with Crippen molar-refractivity contribution in [2.45, 2.75) is 18.6 Å². The largest absolute Gasteiger partial charge is 0.332 e. The second-order valence-electron chi connectivity index (χ2n) is 4.39. The molecule has 1 fully saturated rings. The van der Waals surface area contributed by atoms with Crippen LogP contribution in [-0.2, 0) is 4.79 Å². The van der Waals surface area contributed by atoms with Crippen LogP contribution in [0.2, 0.25) is 0 Å². The maximum Gasteiger partial charge on any atom is 0.229 e. The highest BCUT2D eigenvalue weighted by Gasteiger charge is 2.51. The van der Waals surface area contributed by atoms with Crippen molar-refractivity contribution in [3.05, 3.63) is 12.2 Å². The second kappa shape index (κ2) is 3.15. The van der Waals surface area contributed by atoms with Crippen molar-refractivity contribution in [1.82, 2.24) is 4.90 Å². The molecular formula is C11H13FN2O. The molecule has 0 saturated carbocycles. The lowest BCUT2D eigenvalue weighted by Crippen LogP contribution is -2.41. The number of carbonyl (C=O) groups is 1. The number of carbonyl (C=O) groups excluding carboxylic acids is 1. The van der Waals surface area contributed by atoms with E-state index in [-0.39, 0.29) is 17.9 Å². The summed E-state index contributed by atoms with van der Waals surface area (Å²) in [4.78, 5) is 18.0. The molecule has 0 spiro atoms. The van der Waals surface area contributed by atoms with Crippen LogP contribution in [-0.4, -0.2) is 42.3 Å². The Labute approximate surface area is 87.7 Å². The highest BCUT2D eigenvalue weighted by molar-refractivity contribution is 5.86. The SMILES string of the molecule is O=C1C2C(F)CC=CC2C2CN=CCN12. The molecule has 0 bridgehead atoms. The van der Waals surface area contributed by atoms with E-state index in [0.717, 1.165) is 0 Å². The van der Waals surface area contributed by atoms with E-state index in [1.807, 2.05) is 12.2 Å². The average Bonchev–Trinajstić information content (AvgIpc) is 2.55. The van der Waals surface area contributed by atoms with Crippen LogP contribution in [0.15, 0.2) is 17.1 Å². The minimum atomic E-state index is -1.00. The molecule has 1 saturated heterocycles. The Balaban J connectivity index is 1.97. The zero-order valence-corrected chi connectivity index (χ0v) is 8.34. The molecule has 15 heavy (non-hydrogen) atoms. The number of nitrogens with zero attached hydrogens (tertiary/aromatic N) is 2. The number of hydrogen-bond acceptors (Lipinski definition) is 2. The summed E-state index contributed by atoms with van der Waals surface area (Å²) in [6, 6.07) is 0.0994. The van der Waals surface area contributed by atoms with Crippen molar-refractivity contribution in [2.24, 2.45) is 16.8 Å². The maximum atomic E-state index is 13.7. The van der Waals surface area contributed by atoms with Crippen LogP contribution in [0.3, 0.4) is 0 Å². The summed E-state index contributed by atoms with van der Waals surface area (Å²) in [6.07, 6.45) is 5.00. The Morgan fingerprint density at radius 2 is 2.40 bits per heavy atom. The molecule has 3 aliphatic rings. The van der Waals surface area contributed by atoms with E-state index in [4.69, 9.17) is 0 Å². The lowest BCUT2D eigenvalue weighted by molar-refractivity contribution is -0.133. The zero-order chi connectivity index (χ0) is 10.4. The van der Waals surface area contributed by atoms with Crippen LogP contribution in [0.5, 0.6) is 0 Å². The van der Waals surface area contributed by atoms with Gasteiger partial charge in [0.15, 0.2) is 0 Å². The Morgan fingerprint density at radius 1 is 1.53 bits per heavy atom. The third-order valence-corrected chi connectivity index (χ3v) is 3.64. The summed E-state index contributed by atoms with van der Waals surface area (Å²) in [7, 11) is 0. The third-order valence-electron chi connectivity index (χ3n) is 3.64. The van der Waals surface area contributed by atoms with Crippen molar-refractivity contribution in [2.75, 3.05) is 13.1 Å². The van der Waals surface area contributed by atoms with Gasteiger partial charge in [-0.15, -0.1) is 0 Å². The van der Waals surface area contributed by atoms with Crippen molar-refractivity contribution >= 4 is 12.1 Å². The van der Waals surface area contributed by atoms with Crippen molar-refractivity contribution < 1.29 is 9.18 Å². The van der Waals surface area contributed by atoms with E-state index in [2.05, 4.69) is 4.99 Å². The highest BCUT2D eigenvalue weighted by Crippen LogP contribution is 2.40. The number of rotatable bonds is 0. The summed E-state index contributed by atoms with van der Waals surface area (Å²) < 4.78 is 13.7. The fourth-order valence-corrected chi connectivity index (χ4v) is 2.90. The number of allylic oxidation sites excluding steroid dienone is 1. The van der Waals surface area contributed by atoms with E-state index in [0.29, 0.717) is 19.5 Å². The van der Waals surface area contributed by atoms with E-state index in [1.54, 1.807) is 11.1 Å². The molecule has 0 aromatic rings. The summed E-state index contributed by atoms with van der Waals surface area (Å²) in [5, 5.41) is 0. The van der Waals surface area contributed by atoms with E-state index >= 15 is 0 Å². The molecule has 0 N–H and O–H groups in total. The van der Waals surface area contributed by atoms with Crippen LogP contribution in [0.1, 0.15) is 6.42 Å². The van der Waals surface area contributed by atoms with Gasteiger partial charge in [0, 0.05) is 12.1 Å². The molecule has 1 amide bonds. The van der Waals surface area contributed by atoms with Gasteiger partial charge in [0.2, 0.25) is 5.91 Å². The van der Waals surface area contributed by atoms with Gasteiger partial charge in [-0.25, -0.2) is 4.39 Å². The molecule has 4 atom stereocenters. The van der Waals surface area contributed by atoms with Gasteiger partial charge in [-0.1, -0.05) is 12.2 Å². The number of fused-ring (bicyclic) bond motifs is 3. The van der Waals surface area contributed by atoms with Gasteiger partial charge in [0.05, 0.1) is 25.0 Å². The minimum Gasteiger partial charge on any atom is -0.332 e. The molecule has 3 rings (SSSR count). The lowest BCUT2D eigenvalue weighted by Gasteiger charge is -2.28. The first kappa shape index (κ1) is 9.07. The summed E-state index contributed by atoms with van der Waals surface area (Å²) in [5.41, 5.74) is 0. The predicted octanol–water partition coefficient (Wildman–Crippen LogP) is 0.812. The Bertz CT molecular complexity index is 352. The first-order chi connectivity index (χ1) is 7.29. The lowest BCUT2D eigenvalue weighted by atomic mass is 9.81. The molecule has 2 heterocycles. The van der Waals surface area contributed by atoms with Gasteiger partial charge >= 0.3 is 0 Å². The van der Waals surface area contributed by atoms with Crippen molar-refractivity contribution in [3.8, 4) is 0 Å². The monoisotopic (exact) mass is 208 g/mol. The molecular weight excluding hydrogens is 195 g/mol. The molecule has 1 aliphatic carbocycles. The van der Waals surface area contributed by atoms with Gasteiger partial charge in [-0.2, -0.15) is 0 Å². The predicted molar refractivity (Wildman–Crippen MR) is 54.5 cm³/mol. The molecule has 4 unspecified atom stereocenters. The normalized spacial score (nSPS) is 43.0.